The standard InChI is InChI=1S/C18H28N2O/c1-13(2)9-15(12-19)11-18(21)20-8-4-5-16-10-14(3)6-7-17(16)20/h6-7,10,13,15H,4-5,8-9,11-12,19H2,1-3H3. The van der Waals surface area contributed by atoms with Crippen molar-refractivity contribution in [2.75, 3.05) is 18.0 Å². The second-order valence-corrected chi connectivity index (χ2v) is 6.72. The van der Waals surface area contributed by atoms with E-state index in [1.54, 1.807) is 0 Å². The van der Waals surface area contributed by atoms with E-state index in [2.05, 4.69) is 39.0 Å². The molecule has 116 valence electrons. The van der Waals surface area contributed by atoms with Gasteiger partial charge in [-0.05, 0) is 56.2 Å². The smallest absolute Gasteiger partial charge is 0.227 e. The number of rotatable bonds is 5. The number of aryl methyl sites for hydroxylation is 2. The van der Waals surface area contributed by atoms with Crippen molar-refractivity contribution in [3.63, 3.8) is 0 Å². The normalized spacial score (nSPS) is 16.0. The van der Waals surface area contributed by atoms with Crippen molar-refractivity contribution in [2.45, 2.75) is 46.5 Å². The van der Waals surface area contributed by atoms with Crippen LogP contribution >= 0.6 is 0 Å². The molecule has 0 aromatic heterocycles. The van der Waals surface area contributed by atoms with Gasteiger partial charge in [-0.1, -0.05) is 31.5 Å². The van der Waals surface area contributed by atoms with Crippen LogP contribution in [-0.2, 0) is 11.2 Å². The monoisotopic (exact) mass is 288 g/mol. The lowest BCUT2D eigenvalue weighted by molar-refractivity contribution is -0.119. The fourth-order valence-corrected chi connectivity index (χ4v) is 3.27. The molecule has 1 aliphatic heterocycles. The average Bonchev–Trinajstić information content (AvgIpc) is 2.44. The number of hydrogen-bond donors (Lipinski definition) is 1. The molecule has 3 heteroatoms. The van der Waals surface area contributed by atoms with Crippen molar-refractivity contribution >= 4 is 11.6 Å². The molecule has 0 bridgehead atoms. The summed E-state index contributed by atoms with van der Waals surface area (Å²) in [5, 5.41) is 0. The first-order valence-electron chi connectivity index (χ1n) is 8.11. The highest BCUT2D eigenvalue weighted by molar-refractivity contribution is 5.94. The number of carbonyl (C=O) groups is 1. The molecule has 1 aromatic rings. The minimum absolute atomic E-state index is 0.232. The van der Waals surface area contributed by atoms with E-state index in [1.807, 2.05) is 4.90 Å². The summed E-state index contributed by atoms with van der Waals surface area (Å²) in [6, 6.07) is 6.41. The van der Waals surface area contributed by atoms with Crippen LogP contribution in [0, 0.1) is 18.8 Å². The number of amides is 1. The Hall–Kier alpha value is -1.35. The summed E-state index contributed by atoms with van der Waals surface area (Å²) >= 11 is 0. The van der Waals surface area contributed by atoms with Crippen molar-refractivity contribution in [1.82, 2.24) is 0 Å². The zero-order valence-electron chi connectivity index (χ0n) is 13.6. The lowest BCUT2D eigenvalue weighted by Gasteiger charge is -2.31. The lowest BCUT2D eigenvalue weighted by atomic mass is 9.92. The Morgan fingerprint density at radius 1 is 1.38 bits per heavy atom. The molecule has 0 saturated carbocycles. The molecule has 1 atom stereocenters. The molecule has 1 aromatic carbocycles. The zero-order valence-corrected chi connectivity index (χ0v) is 13.6. The minimum Gasteiger partial charge on any atom is -0.330 e. The Balaban J connectivity index is 2.10. The number of nitrogens with two attached hydrogens (primary N) is 1. The van der Waals surface area contributed by atoms with Crippen molar-refractivity contribution < 1.29 is 4.79 Å². The summed E-state index contributed by atoms with van der Waals surface area (Å²) in [6.45, 7) is 7.92. The van der Waals surface area contributed by atoms with Gasteiger partial charge < -0.3 is 10.6 Å². The SMILES string of the molecule is Cc1ccc2c(c1)CCCN2C(=O)CC(CN)CC(C)C. The van der Waals surface area contributed by atoms with Crippen molar-refractivity contribution in [3.05, 3.63) is 29.3 Å². The highest BCUT2D eigenvalue weighted by atomic mass is 16.2. The number of fused-ring (bicyclic) bond motifs is 1. The highest BCUT2D eigenvalue weighted by Crippen LogP contribution is 2.29. The molecule has 21 heavy (non-hydrogen) atoms. The molecule has 1 amide bonds. The van der Waals surface area contributed by atoms with Crippen LogP contribution in [0.25, 0.3) is 0 Å². The fraction of sp³-hybridized carbons (Fsp3) is 0.611. The van der Waals surface area contributed by atoms with Crippen molar-refractivity contribution in [3.8, 4) is 0 Å². The number of carbonyl (C=O) groups excluding carboxylic acids is 1. The third-order valence-electron chi connectivity index (χ3n) is 4.26. The molecule has 1 heterocycles. The molecule has 1 unspecified atom stereocenters. The van der Waals surface area contributed by atoms with E-state index in [0.29, 0.717) is 24.8 Å². The quantitative estimate of drug-likeness (QED) is 0.903. The van der Waals surface area contributed by atoms with Gasteiger partial charge in [-0.15, -0.1) is 0 Å². The largest absolute Gasteiger partial charge is 0.330 e. The second kappa shape index (κ2) is 7.08. The fourth-order valence-electron chi connectivity index (χ4n) is 3.27. The average molecular weight is 288 g/mol. The van der Waals surface area contributed by atoms with E-state index in [9.17, 15) is 4.79 Å². The van der Waals surface area contributed by atoms with E-state index in [0.717, 1.165) is 31.5 Å². The Labute approximate surface area is 128 Å². The van der Waals surface area contributed by atoms with Crippen molar-refractivity contribution in [2.24, 2.45) is 17.6 Å². The Kier molecular flexibility index (Phi) is 5.40. The first-order chi connectivity index (χ1) is 10.0. The number of hydrogen-bond acceptors (Lipinski definition) is 2. The molecule has 2 N–H and O–H groups in total. The Morgan fingerprint density at radius 2 is 2.14 bits per heavy atom. The summed E-state index contributed by atoms with van der Waals surface area (Å²) in [4.78, 5) is 14.6. The Morgan fingerprint density at radius 3 is 2.81 bits per heavy atom. The van der Waals surface area contributed by atoms with Gasteiger partial charge in [0.2, 0.25) is 5.91 Å². The summed E-state index contributed by atoms with van der Waals surface area (Å²) < 4.78 is 0. The van der Waals surface area contributed by atoms with Gasteiger partial charge >= 0.3 is 0 Å². The predicted octanol–water partition coefficient (Wildman–Crippen LogP) is 3.29. The topological polar surface area (TPSA) is 46.3 Å². The maximum atomic E-state index is 12.7. The van der Waals surface area contributed by atoms with E-state index >= 15 is 0 Å². The first kappa shape index (κ1) is 16.0. The van der Waals surface area contributed by atoms with E-state index in [4.69, 9.17) is 5.73 Å². The van der Waals surface area contributed by atoms with Crippen LogP contribution in [0.3, 0.4) is 0 Å². The maximum Gasteiger partial charge on any atom is 0.227 e. The zero-order chi connectivity index (χ0) is 15.4. The van der Waals surface area contributed by atoms with E-state index < -0.39 is 0 Å². The van der Waals surface area contributed by atoms with Crippen LogP contribution in [0.15, 0.2) is 18.2 Å². The molecule has 0 saturated heterocycles. The van der Waals surface area contributed by atoms with Gasteiger partial charge in [-0.25, -0.2) is 0 Å². The lowest BCUT2D eigenvalue weighted by Crippen LogP contribution is -2.37. The molecule has 3 nitrogen and oxygen atoms in total. The van der Waals surface area contributed by atoms with Crippen LogP contribution in [0.2, 0.25) is 0 Å². The number of nitrogens with zero attached hydrogens (tertiary/aromatic N) is 1. The molecular formula is C18H28N2O. The molecule has 0 fully saturated rings. The third-order valence-corrected chi connectivity index (χ3v) is 4.26. The molecular weight excluding hydrogens is 260 g/mol. The molecule has 0 radical (unpaired) electrons. The first-order valence-corrected chi connectivity index (χ1v) is 8.11. The van der Waals surface area contributed by atoms with E-state index in [-0.39, 0.29) is 5.91 Å². The Bertz CT molecular complexity index is 496. The van der Waals surface area contributed by atoms with Gasteiger partial charge in [0.05, 0.1) is 0 Å². The van der Waals surface area contributed by atoms with E-state index in [1.165, 1.54) is 11.1 Å². The van der Waals surface area contributed by atoms with Gasteiger partial charge in [0.15, 0.2) is 0 Å². The number of benzene rings is 1. The molecule has 2 rings (SSSR count). The van der Waals surface area contributed by atoms with Gasteiger partial charge in [-0.2, -0.15) is 0 Å². The summed E-state index contributed by atoms with van der Waals surface area (Å²) in [7, 11) is 0. The molecule has 1 aliphatic rings. The summed E-state index contributed by atoms with van der Waals surface area (Å²) in [5.41, 5.74) is 9.53. The van der Waals surface area contributed by atoms with Gasteiger partial charge in [0.25, 0.3) is 0 Å². The molecule has 0 spiro atoms. The van der Waals surface area contributed by atoms with Gasteiger partial charge in [0.1, 0.15) is 0 Å². The van der Waals surface area contributed by atoms with Crippen LogP contribution < -0.4 is 10.6 Å². The highest BCUT2D eigenvalue weighted by Gasteiger charge is 2.24. The third kappa shape index (κ3) is 4.07. The van der Waals surface area contributed by atoms with Gasteiger partial charge in [0, 0.05) is 18.7 Å². The van der Waals surface area contributed by atoms with Crippen LogP contribution in [0.5, 0.6) is 0 Å². The summed E-state index contributed by atoms with van der Waals surface area (Å²) in [6.07, 6.45) is 3.73. The summed E-state index contributed by atoms with van der Waals surface area (Å²) in [5.74, 6) is 1.12. The van der Waals surface area contributed by atoms with Crippen LogP contribution in [0.1, 0.15) is 44.2 Å². The van der Waals surface area contributed by atoms with Crippen LogP contribution in [0.4, 0.5) is 5.69 Å². The maximum absolute atomic E-state index is 12.7. The van der Waals surface area contributed by atoms with Gasteiger partial charge in [-0.3, -0.25) is 4.79 Å². The predicted molar refractivity (Wildman–Crippen MR) is 88.5 cm³/mol. The molecule has 0 aliphatic carbocycles. The minimum atomic E-state index is 0.232. The second-order valence-electron chi connectivity index (χ2n) is 6.72. The number of anilines is 1. The van der Waals surface area contributed by atoms with Crippen molar-refractivity contribution in [1.29, 1.82) is 0 Å². The van der Waals surface area contributed by atoms with Crippen LogP contribution in [-0.4, -0.2) is 19.0 Å².